The van der Waals surface area contributed by atoms with E-state index in [9.17, 15) is 4.79 Å². The number of aryl methyl sites for hydroxylation is 1. The first-order valence-corrected chi connectivity index (χ1v) is 7.83. The Kier molecular flexibility index (Phi) is 6.24. The van der Waals surface area contributed by atoms with Crippen LogP contribution < -0.4 is 5.32 Å². The number of hydrogen-bond donors (Lipinski definition) is 1. The number of anilines is 1. The molecule has 21 heavy (non-hydrogen) atoms. The summed E-state index contributed by atoms with van der Waals surface area (Å²) in [6.07, 6.45) is 2.85. The fraction of sp³-hybridized carbons (Fsp3) is 0.750. The predicted octanol–water partition coefficient (Wildman–Crippen LogP) is 3.92. The molecule has 0 aliphatic carbocycles. The molecule has 1 heterocycles. The van der Waals surface area contributed by atoms with Crippen molar-refractivity contribution in [1.82, 2.24) is 14.7 Å². The molecule has 1 rings (SSSR count). The maximum absolute atomic E-state index is 12.2. The Balaban J connectivity index is 2.90. The maximum Gasteiger partial charge on any atom is 0.321 e. The number of carbonyl (C=O) groups is 1. The summed E-state index contributed by atoms with van der Waals surface area (Å²) in [6.45, 7) is 13.6. The molecule has 0 aliphatic rings. The van der Waals surface area contributed by atoms with Crippen molar-refractivity contribution in [2.45, 2.75) is 66.5 Å². The first-order valence-electron chi connectivity index (χ1n) is 7.83. The normalized spacial score (nSPS) is 11.5. The highest BCUT2D eigenvalue weighted by Gasteiger charge is 2.19. The number of nitrogens with one attached hydrogen (secondary N) is 1. The number of carbonyl (C=O) groups excluding carboxylic acids is 1. The van der Waals surface area contributed by atoms with E-state index in [0.717, 1.165) is 24.3 Å². The average Bonchev–Trinajstić information content (AvgIpc) is 2.78. The molecular weight excluding hydrogens is 264 g/mol. The third kappa shape index (κ3) is 4.76. The minimum atomic E-state index is -0.0877. The van der Waals surface area contributed by atoms with Gasteiger partial charge in [0.2, 0.25) is 0 Å². The van der Waals surface area contributed by atoms with Crippen LogP contribution in [0.4, 0.5) is 10.5 Å². The molecule has 2 amide bonds. The van der Waals surface area contributed by atoms with Gasteiger partial charge in [-0.25, -0.2) is 4.79 Å². The standard InChI is InChI=1S/C16H30N4O/c1-11(2)8-9-20-15(12(3)4)14(10-17-20)18-16(21)19(7)13(5)6/h10-13H,8-9H2,1-7H3,(H,18,21). The Bertz CT molecular complexity index is 463. The topological polar surface area (TPSA) is 50.2 Å². The molecule has 0 unspecified atom stereocenters. The van der Waals surface area contributed by atoms with Crippen molar-refractivity contribution in [3.8, 4) is 0 Å². The summed E-state index contributed by atoms with van der Waals surface area (Å²) in [5.41, 5.74) is 1.92. The van der Waals surface area contributed by atoms with Gasteiger partial charge >= 0.3 is 6.03 Å². The van der Waals surface area contributed by atoms with E-state index in [4.69, 9.17) is 0 Å². The molecule has 0 spiro atoms. The van der Waals surface area contributed by atoms with Crippen molar-refractivity contribution in [2.75, 3.05) is 12.4 Å². The Hall–Kier alpha value is -1.52. The van der Waals surface area contributed by atoms with E-state index in [2.05, 4.69) is 38.1 Å². The third-order valence-corrected chi connectivity index (χ3v) is 3.68. The second-order valence-electron chi connectivity index (χ2n) is 6.64. The third-order valence-electron chi connectivity index (χ3n) is 3.68. The van der Waals surface area contributed by atoms with Crippen LogP contribution in [0.25, 0.3) is 0 Å². The number of urea groups is 1. The first kappa shape index (κ1) is 17.5. The van der Waals surface area contributed by atoms with Gasteiger partial charge in [-0.05, 0) is 32.1 Å². The van der Waals surface area contributed by atoms with E-state index < -0.39 is 0 Å². The summed E-state index contributed by atoms with van der Waals surface area (Å²) in [5.74, 6) is 0.957. The molecule has 120 valence electrons. The number of rotatable bonds is 6. The second-order valence-corrected chi connectivity index (χ2v) is 6.64. The van der Waals surface area contributed by atoms with Crippen LogP contribution in [0.5, 0.6) is 0 Å². The molecule has 0 saturated carbocycles. The zero-order valence-electron chi connectivity index (χ0n) is 14.5. The minimum absolute atomic E-state index is 0.0877. The van der Waals surface area contributed by atoms with Gasteiger partial charge in [-0.1, -0.05) is 27.7 Å². The van der Waals surface area contributed by atoms with Gasteiger partial charge in [0.15, 0.2) is 0 Å². The molecule has 0 fully saturated rings. The van der Waals surface area contributed by atoms with Crippen LogP contribution in [-0.4, -0.2) is 33.8 Å². The Labute approximate surface area is 128 Å². The first-order chi connectivity index (χ1) is 9.73. The zero-order chi connectivity index (χ0) is 16.2. The van der Waals surface area contributed by atoms with E-state index in [1.165, 1.54) is 0 Å². The fourth-order valence-electron chi connectivity index (χ4n) is 2.10. The van der Waals surface area contributed by atoms with Crippen LogP contribution in [-0.2, 0) is 6.54 Å². The number of aromatic nitrogens is 2. The molecule has 1 aromatic heterocycles. The molecule has 0 atom stereocenters. The number of nitrogens with zero attached hydrogens (tertiary/aromatic N) is 3. The monoisotopic (exact) mass is 294 g/mol. The van der Waals surface area contributed by atoms with E-state index in [1.807, 2.05) is 18.5 Å². The lowest BCUT2D eigenvalue weighted by atomic mass is 10.1. The highest BCUT2D eigenvalue weighted by Crippen LogP contribution is 2.25. The lowest BCUT2D eigenvalue weighted by Crippen LogP contribution is -2.36. The van der Waals surface area contributed by atoms with Crippen molar-refractivity contribution >= 4 is 11.7 Å². The summed E-state index contributed by atoms with van der Waals surface area (Å²) in [4.78, 5) is 13.9. The number of hydrogen-bond acceptors (Lipinski definition) is 2. The van der Waals surface area contributed by atoms with Gasteiger partial charge in [-0.3, -0.25) is 4.68 Å². The van der Waals surface area contributed by atoms with Crippen molar-refractivity contribution in [1.29, 1.82) is 0 Å². The fourth-order valence-corrected chi connectivity index (χ4v) is 2.10. The van der Waals surface area contributed by atoms with Gasteiger partial charge in [0.05, 0.1) is 17.6 Å². The van der Waals surface area contributed by atoms with Crippen LogP contribution in [0.2, 0.25) is 0 Å². The van der Waals surface area contributed by atoms with Gasteiger partial charge < -0.3 is 10.2 Å². The summed E-state index contributed by atoms with van der Waals surface area (Å²) >= 11 is 0. The lowest BCUT2D eigenvalue weighted by Gasteiger charge is -2.22. The van der Waals surface area contributed by atoms with Gasteiger partial charge in [0.1, 0.15) is 0 Å². The molecule has 0 radical (unpaired) electrons. The van der Waals surface area contributed by atoms with Gasteiger partial charge in [-0.15, -0.1) is 0 Å². The molecular formula is C16H30N4O. The van der Waals surface area contributed by atoms with Crippen molar-refractivity contribution in [2.24, 2.45) is 5.92 Å². The molecule has 1 aromatic rings. The summed E-state index contributed by atoms with van der Waals surface area (Å²) in [7, 11) is 1.80. The zero-order valence-corrected chi connectivity index (χ0v) is 14.5. The smallest absolute Gasteiger partial charge is 0.321 e. The quantitative estimate of drug-likeness (QED) is 0.864. The van der Waals surface area contributed by atoms with Gasteiger partial charge in [-0.2, -0.15) is 5.10 Å². The summed E-state index contributed by atoms with van der Waals surface area (Å²) in [6, 6.07) is 0.0822. The van der Waals surface area contributed by atoms with Crippen molar-refractivity contribution in [3.05, 3.63) is 11.9 Å². The van der Waals surface area contributed by atoms with E-state index in [-0.39, 0.29) is 12.1 Å². The van der Waals surface area contributed by atoms with Crippen LogP contribution >= 0.6 is 0 Å². The van der Waals surface area contributed by atoms with Gasteiger partial charge in [0, 0.05) is 19.6 Å². The number of amides is 2. The van der Waals surface area contributed by atoms with Crippen molar-refractivity contribution in [3.63, 3.8) is 0 Å². The van der Waals surface area contributed by atoms with Gasteiger partial charge in [0.25, 0.3) is 0 Å². The molecule has 1 N–H and O–H groups in total. The van der Waals surface area contributed by atoms with E-state index >= 15 is 0 Å². The molecule has 5 heteroatoms. The highest BCUT2D eigenvalue weighted by molar-refractivity contribution is 5.89. The Morgan fingerprint density at radius 2 is 1.90 bits per heavy atom. The summed E-state index contributed by atoms with van der Waals surface area (Å²) in [5, 5.41) is 7.43. The Morgan fingerprint density at radius 3 is 2.38 bits per heavy atom. The van der Waals surface area contributed by atoms with Crippen LogP contribution in [0.15, 0.2) is 6.20 Å². The Morgan fingerprint density at radius 1 is 1.29 bits per heavy atom. The predicted molar refractivity (Wildman–Crippen MR) is 87.7 cm³/mol. The van der Waals surface area contributed by atoms with Crippen LogP contribution in [0.1, 0.15) is 59.6 Å². The SMILES string of the molecule is CC(C)CCn1ncc(NC(=O)N(C)C(C)C)c1C(C)C. The largest absolute Gasteiger partial charge is 0.325 e. The summed E-state index contributed by atoms with van der Waals surface area (Å²) < 4.78 is 2.02. The second kappa shape index (κ2) is 7.48. The molecule has 0 aliphatic heterocycles. The highest BCUT2D eigenvalue weighted by atomic mass is 16.2. The molecule has 0 bridgehead atoms. The maximum atomic E-state index is 12.2. The molecule has 0 aromatic carbocycles. The minimum Gasteiger partial charge on any atom is -0.325 e. The average molecular weight is 294 g/mol. The molecule has 5 nitrogen and oxygen atoms in total. The van der Waals surface area contributed by atoms with Crippen LogP contribution in [0, 0.1) is 5.92 Å². The van der Waals surface area contributed by atoms with Crippen LogP contribution in [0.3, 0.4) is 0 Å². The van der Waals surface area contributed by atoms with E-state index in [1.54, 1.807) is 18.1 Å². The molecule has 0 saturated heterocycles. The van der Waals surface area contributed by atoms with E-state index in [0.29, 0.717) is 11.8 Å². The van der Waals surface area contributed by atoms with Crippen molar-refractivity contribution < 1.29 is 4.79 Å². The lowest BCUT2D eigenvalue weighted by molar-refractivity contribution is 0.211.